The van der Waals surface area contributed by atoms with Crippen LogP contribution in [0.15, 0.2) is 18.2 Å². The van der Waals surface area contributed by atoms with Gasteiger partial charge in [0.15, 0.2) is 0 Å². The van der Waals surface area contributed by atoms with Crippen LogP contribution in [0.1, 0.15) is 22.6 Å². The third-order valence-corrected chi connectivity index (χ3v) is 2.31. The molecule has 1 atom stereocenters. The van der Waals surface area contributed by atoms with Gasteiger partial charge in [-0.25, -0.2) is 0 Å². The standard InChI is InChI=1S/C11H15O/c1-8-5-4-6-11(10(8)3)9(2)7-12/h4-6,9,12H,2,7H2,1,3H3. The largest absolute Gasteiger partial charge is 0.396 e. The van der Waals surface area contributed by atoms with Gasteiger partial charge in [0.05, 0.1) is 0 Å². The van der Waals surface area contributed by atoms with Crippen LogP contribution in [-0.2, 0) is 0 Å². The van der Waals surface area contributed by atoms with Gasteiger partial charge in [-0.1, -0.05) is 18.2 Å². The fourth-order valence-corrected chi connectivity index (χ4v) is 1.31. The normalized spacial score (nSPS) is 13.0. The Morgan fingerprint density at radius 2 is 2.08 bits per heavy atom. The Labute approximate surface area is 74.1 Å². The summed E-state index contributed by atoms with van der Waals surface area (Å²) in [6, 6.07) is 6.10. The van der Waals surface area contributed by atoms with E-state index in [0.29, 0.717) is 0 Å². The molecule has 12 heavy (non-hydrogen) atoms. The molecule has 65 valence electrons. The van der Waals surface area contributed by atoms with E-state index < -0.39 is 0 Å². The maximum absolute atomic E-state index is 8.94. The lowest BCUT2D eigenvalue weighted by Gasteiger charge is -2.13. The molecule has 0 bridgehead atoms. The van der Waals surface area contributed by atoms with E-state index in [2.05, 4.69) is 26.8 Å². The van der Waals surface area contributed by atoms with Crippen molar-refractivity contribution < 1.29 is 5.11 Å². The minimum atomic E-state index is 0.00454. The highest BCUT2D eigenvalue weighted by atomic mass is 16.3. The highest BCUT2D eigenvalue weighted by Crippen LogP contribution is 2.20. The van der Waals surface area contributed by atoms with Crippen LogP contribution in [-0.4, -0.2) is 11.7 Å². The zero-order valence-corrected chi connectivity index (χ0v) is 7.67. The molecule has 0 aliphatic rings. The molecule has 1 unspecified atom stereocenters. The van der Waals surface area contributed by atoms with Crippen LogP contribution in [0, 0.1) is 20.8 Å². The van der Waals surface area contributed by atoms with Crippen molar-refractivity contribution in [1.29, 1.82) is 0 Å². The molecule has 1 heteroatoms. The van der Waals surface area contributed by atoms with E-state index >= 15 is 0 Å². The molecule has 0 heterocycles. The molecule has 1 aromatic rings. The number of aliphatic hydroxyl groups excluding tert-OH is 1. The smallest absolute Gasteiger partial charge is 0.0499 e. The first kappa shape index (κ1) is 9.27. The lowest BCUT2D eigenvalue weighted by Crippen LogP contribution is -2.02. The monoisotopic (exact) mass is 163 g/mol. The summed E-state index contributed by atoms with van der Waals surface area (Å²) in [7, 11) is 0. The Morgan fingerprint density at radius 3 is 2.67 bits per heavy atom. The quantitative estimate of drug-likeness (QED) is 0.708. The van der Waals surface area contributed by atoms with Gasteiger partial charge in [0.25, 0.3) is 0 Å². The predicted molar refractivity (Wildman–Crippen MR) is 51.1 cm³/mol. The Kier molecular flexibility index (Phi) is 2.88. The summed E-state index contributed by atoms with van der Waals surface area (Å²) in [4.78, 5) is 0. The zero-order valence-electron chi connectivity index (χ0n) is 7.67. The molecule has 0 spiro atoms. The molecule has 0 amide bonds. The minimum Gasteiger partial charge on any atom is -0.396 e. The van der Waals surface area contributed by atoms with Gasteiger partial charge in [-0.05, 0) is 37.5 Å². The van der Waals surface area contributed by atoms with Gasteiger partial charge in [0, 0.05) is 12.5 Å². The van der Waals surface area contributed by atoms with Crippen molar-refractivity contribution in [1.82, 2.24) is 0 Å². The van der Waals surface area contributed by atoms with E-state index in [1.54, 1.807) is 0 Å². The maximum atomic E-state index is 8.94. The molecule has 1 radical (unpaired) electrons. The SMILES string of the molecule is [CH2]C(CO)c1cccc(C)c1C. The van der Waals surface area contributed by atoms with E-state index in [9.17, 15) is 0 Å². The number of hydrogen-bond donors (Lipinski definition) is 1. The Hall–Kier alpha value is -0.820. The molecule has 0 aliphatic carbocycles. The van der Waals surface area contributed by atoms with Gasteiger partial charge in [0.1, 0.15) is 0 Å². The van der Waals surface area contributed by atoms with Crippen molar-refractivity contribution in [2.45, 2.75) is 19.8 Å². The van der Waals surface area contributed by atoms with Crippen LogP contribution < -0.4 is 0 Å². The van der Waals surface area contributed by atoms with Crippen molar-refractivity contribution in [2.75, 3.05) is 6.61 Å². The third kappa shape index (κ3) is 1.67. The fraction of sp³-hybridized carbons (Fsp3) is 0.364. The number of aryl methyl sites for hydroxylation is 1. The molecule has 0 saturated heterocycles. The first-order chi connectivity index (χ1) is 5.66. The first-order valence-corrected chi connectivity index (χ1v) is 4.17. The summed E-state index contributed by atoms with van der Waals surface area (Å²) in [6.07, 6.45) is 0. The van der Waals surface area contributed by atoms with Crippen molar-refractivity contribution >= 4 is 0 Å². The average Bonchev–Trinajstić information content (AvgIpc) is 2.08. The molecule has 1 N–H and O–H groups in total. The van der Waals surface area contributed by atoms with Gasteiger partial charge in [-0.15, -0.1) is 0 Å². The average molecular weight is 163 g/mol. The van der Waals surface area contributed by atoms with Gasteiger partial charge in [0.2, 0.25) is 0 Å². The lowest BCUT2D eigenvalue weighted by atomic mass is 9.94. The van der Waals surface area contributed by atoms with Crippen LogP contribution in [0.4, 0.5) is 0 Å². The topological polar surface area (TPSA) is 20.2 Å². The Bertz CT molecular complexity index is 266. The van der Waals surface area contributed by atoms with Crippen molar-refractivity contribution in [2.24, 2.45) is 0 Å². The van der Waals surface area contributed by atoms with E-state index in [1.807, 2.05) is 12.1 Å². The molecular weight excluding hydrogens is 148 g/mol. The third-order valence-electron chi connectivity index (χ3n) is 2.31. The van der Waals surface area contributed by atoms with Gasteiger partial charge in [-0.3, -0.25) is 0 Å². The van der Waals surface area contributed by atoms with E-state index in [1.165, 1.54) is 11.1 Å². The second-order valence-electron chi connectivity index (χ2n) is 3.17. The number of benzene rings is 1. The van der Waals surface area contributed by atoms with Crippen LogP contribution in [0.25, 0.3) is 0 Å². The highest BCUT2D eigenvalue weighted by molar-refractivity contribution is 5.36. The summed E-state index contributed by atoms with van der Waals surface area (Å²) in [5.41, 5.74) is 3.65. The predicted octanol–water partition coefficient (Wildman–Crippen LogP) is 2.21. The number of rotatable bonds is 2. The second kappa shape index (κ2) is 3.72. The summed E-state index contributed by atoms with van der Waals surface area (Å²) in [5.74, 6) is 0.00454. The molecule has 0 saturated carbocycles. The Balaban J connectivity index is 3.07. The molecule has 0 aromatic heterocycles. The van der Waals surface area contributed by atoms with Gasteiger partial charge in [-0.2, -0.15) is 0 Å². The van der Waals surface area contributed by atoms with Crippen LogP contribution in [0.3, 0.4) is 0 Å². The molecule has 0 fully saturated rings. The van der Waals surface area contributed by atoms with E-state index in [0.717, 1.165) is 5.56 Å². The van der Waals surface area contributed by atoms with Crippen LogP contribution in [0.2, 0.25) is 0 Å². The molecule has 0 aliphatic heterocycles. The molecule has 1 aromatic carbocycles. The molecule has 1 nitrogen and oxygen atoms in total. The number of aliphatic hydroxyl groups is 1. The zero-order chi connectivity index (χ0) is 9.14. The second-order valence-corrected chi connectivity index (χ2v) is 3.17. The van der Waals surface area contributed by atoms with E-state index in [-0.39, 0.29) is 12.5 Å². The molecule has 1 rings (SSSR count). The number of hydrogen-bond acceptors (Lipinski definition) is 1. The van der Waals surface area contributed by atoms with Crippen LogP contribution >= 0.6 is 0 Å². The Morgan fingerprint density at radius 1 is 1.42 bits per heavy atom. The first-order valence-electron chi connectivity index (χ1n) is 4.17. The maximum Gasteiger partial charge on any atom is 0.0499 e. The van der Waals surface area contributed by atoms with E-state index in [4.69, 9.17) is 5.11 Å². The summed E-state index contributed by atoms with van der Waals surface area (Å²) in [6.45, 7) is 8.13. The fourth-order valence-electron chi connectivity index (χ4n) is 1.31. The summed E-state index contributed by atoms with van der Waals surface area (Å²) < 4.78 is 0. The summed E-state index contributed by atoms with van der Waals surface area (Å²) >= 11 is 0. The molecular formula is C11H15O. The van der Waals surface area contributed by atoms with Gasteiger partial charge >= 0.3 is 0 Å². The minimum absolute atomic E-state index is 0.00454. The van der Waals surface area contributed by atoms with Crippen molar-refractivity contribution in [3.05, 3.63) is 41.8 Å². The summed E-state index contributed by atoms with van der Waals surface area (Å²) in [5, 5.41) is 8.94. The van der Waals surface area contributed by atoms with Crippen LogP contribution in [0.5, 0.6) is 0 Å². The van der Waals surface area contributed by atoms with Crippen molar-refractivity contribution in [3.8, 4) is 0 Å². The highest BCUT2D eigenvalue weighted by Gasteiger charge is 2.07. The lowest BCUT2D eigenvalue weighted by molar-refractivity contribution is 0.282. The van der Waals surface area contributed by atoms with Crippen molar-refractivity contribution in [3.63, 3.8) is 0 Å². The van der Waals surface area contributed by atoms with Gasteiger partial charge < -0.3 is 5.11 Å².